The highest BCUT2D eigenvalue weighted by Gasteiger charge is 2.26. The molecule has 14 heavy (non-hydrogen) atoms. The molecule has 1 nitrogen and oxygen atoms in total. The van der Waals surface area contributed by atoms with Gasteiger partial charge in [-0.1, -0.05) is 24.6 Å². The summed E-state index contributed by atoms with van der Waals surface area (Å²) in [4.78, 5) is 1.39. The summed E-state index contributed by atoms with van der Waals surface area (Å²) in [6.07, 6.45) is 4.01. The highest BCUT2D eigenvalue weighted by molar-refractivity contribution is 8.00. The third-order valence-corrected chi connectivity index (χ3v) is 4.39. The van der Waals surface area contributed by atoms with Gasteiger partial charge in [-0.3, -0.25) is 0 Å². The molecule has 0 aliphatic heterocycles. The normalized spacial score (nSPS) is 26.6. The molecular formula is C12H17NS. The van der Waals surface area contributed by atoms with Crippen molar-refractivity contribution in [2.75, 3.05) is 6.54 Å². The minimum atomic E-state index is 0.736. The Morgan fingerprint density at radius 1 is 1.21 bits per heavy atom. The van der Waals surface area contributed by atoms with Gasteiger partial charge in [0.25, 0.3) is 0 Å². The number of hydrogen-bond acceptors (Lipinski definition) is 2. The first kappa shape index (κ1) is 10.1. The fourth-order valence-corrected chi connectivity index (χ4v) is 3.49. The molecule has 0 amide bonds. The predicted molar refractivity (Wildman–Crippen MR) is 62.5 cm³/mol. The van der Waals surface area contributed by atoms with Gasteiger partial charge in [-0.25, -0.2) is 0 Å². The van der Waals surface area contributed by atoms with Crippen molar-refractivity contribution in [1.82, 2.24) is 0 Å². The molecule has 1 aromatic rings. The molecule has 2 unspecified atom stereocenters. The molecule has 0 saturated heterocycles. The van der Waals surface area contributed by atoms with Crippen LogP contribution in [0.25, 0.3) is 0 Å². The Morgan fingerprint density at radius 3 is 2.71 bits per heavy atom. The fraction of sp³-hybridized carbons (Fsp3) is 0.500. The minimum absolute atomic E-state index is 0.736. The molecule has 1 aromatic carbocycles. The second-order valence-corrected chi connectivity index (χ2v) is 5.21. The molecule has 1 saturated carbocycles. The lowest BCUT2D eigenvalue weighted by Crippen LogP contribution is -2.19. The molecule has 0 spiro atoms. The average Bonchev–Trinajstić information content (AvgIpc) is 2.67. The number of rotatable bonds is 3. The molecule has 1 aliphatic rings. The highest BCUT2D eigenvalue weighted by atomic mass is 32.2. The maximum absolute atomic E-state index is 5.76. The van der Waals surface area contributed by atoms with Crippen molar-refractivity contribution < 1.29 is 0 Å². The number of hydrogen-bond donors (Lipinski definition) is 1. The number of nitrogens with two attached hydrogens (primary N) is 1. The van der Waals surface area contributed by atoms with Crippen LogP contribution in [0.5, 0.6) is 0 Å². The van der Waals surface area contributed by atoms with Gasteiger partial charge in [-0.2, -0.15) is 0 Å². The van der Waals surface area contributed by atoms with Gasteiger partial charge >= 0.3 is 0 Å². The largest absolute Gasteiger partial charge is 0.330 e. The molecule has 0 heterocycles. The Morgan fingerprint density at radius 2 is 2.00 bits per heavy atom. The van der Waals surface area contributed by atoms with Crippen LogP contribution in [-0.4, -0.2) is 11.8 Å². The van der Waals surface area contributed by atoms with E-state index in [1.54, 1.807) is 0 Å². The van der Waals surface area contributed by atoms with Crippen molar-refractivity contribution in [2.45, 2.75) is 29.4 Å². The highest BCUT2D eigenvalue weighted by Crippen LogP contribution is 2.38. The lowest BCUT2D eigenvalue weighted by Gasteiger charge is -2.16. The first-order chi connectivity index (χ1) is 6.90. The molecule has 2 N–H and O–H groups in total. The fourth-order valence-electron chi connectivity index (χ4n) is 2.10. The monoisotopic (exact) mass is 207 g/mol. The second kappa shape index (κ2) is 4.85. The van der Waals surface area contributed by atoms with E-state index in [9.17, 15) is 0 Å². The molecule has 0 radical (unpaired) electrons. The van der Waals surface area contributed by atoms with E-state index in [0.29, 0.717) is 0 Å². The third-order valence-electron chi connectivity index (χ3n) is 2.92. The Balaban J connectivity index is 1.97. The van der Waals surface area contributed by atoms with Gasteiger partial charge < -0.3 is 5.73 Å². The molecule has 76 valence electrons. The van der Waals surface area contributed by atoms with E-state index in [0.717, 1.165) is 17.7 Å². The van der Waals surface area contributed by atoms with E-state index >= 15 is 0 Å². The van der Waals surface area contributed by atoms with E-state index in [-0.39, 0.29) is 0 Å². The average molecular weight is 207 g/mol. The summed E-state index contributed by atoms with van der Waals surface area (Å²) in [6.45, 7) is 0.852. The zero-order valence-electron chi connectivity index (χ0n) is 8.36. The quantitative estimate of drug-likeness (QED) is 0.824. The Kier molecular flexibility index (Phi) is 3.49. The van der Waals surface area contributed by atoms with Crippen LogP contribution in [0.4, 0.5) is 0 Å². The lowest BCUT2D eigenvalue weighted by atomic mass is 10.1. The van der Waals surface area contributed by atoms with Gasteiger partial charge in [-0.05, 0) is 37.4 Å². The predicted octanol–water partition coefficient (Wildman–Crippen LogP) is 2.91. The van der Waals surface area contributed by atoms with Crippen LogP contribution >= 0.6 is 11.8 Å². The van der Waals surface area contributed by atoms with Crippen molar-refractivity contribution in [3.05, 3.63) is 30.3 Å². The first-order valence-electron chi connectivity index (χ1n) is 5.32. The lowest BCUT2D eigenvalue weighted by molar-refractivity contribution is 0.573. The number of thioether (sulfide) groups is 1. The Bertz CT molecular complexity index is 273. The summed E-state index contributed by atoms with van der Waals surface area (Å²) in [5.74, 6) is 0.736. The van der Waals surface area contributed by atoms with Gasteiger partial charge in [0.1, 0.15) is 0 Å². The van der Waals surface area contributed by atoms with E-state index in [4.69, 9.17) is 5.73 Å². The summed E-state index contributed by atoms with van der Waals surface area (Å²) in [6, 6.07) is 10.7. The van der Waals surface area contributed by atoms with Crippen LogP contribution in [0.2, 0.25) is 0 Å². The number of benzene rings is 1. The van der Waals surface area contributed by atoms with Crippen LogP contribution in [0.3, 0.4) is 0 Å². The van der Waals surface area contributed by atoms with Crippen molar-refractivity contribution in [1.29, 1.82) is 0 Å². The SMILES string of the molecule is NCC1CCCC1Sc1ccccc1. The molecular weight excluding hydrogens is 190 g/mol. The van der Waals surface area contributed by atoms with Gasteiger partial charge in [0.05, 0.1) is 0 Å². The van der Waals surface area contributed by atoms with Crippen LogP contribution in [0.15, 0.2) is 35.2 Å². The molecule has 1 aliphatic carbocycles. The summed E-state index contributed by atoms with van der Waals surface area (Å²) in [5.41, 5.74) is 5.76. The molecule has 2 heteroatoms. The Hall–Kier alpha value is -0.470. The zero-order chi connectivity index (χ0) is 9.80. The van der Waals surface area contributed by atoms with Gasteiger partial charge in [0.2, 0.25) is 0 Å². The second-order valence-electron chi connectivity index (χ2n) is 3.90. The van der Waals surface area contributed by atoms with Gasteiger partial charge in [0, 0.05) is 10.1 Å². The van der Waals surface area contributed by atoms with E-state index in [2.05, 4.69) is 30.3 Å². The van der Waals surface area contributed by atoms with Crippen molar-refractivity contribution in [3.63, 3.8) is 0 Å². The van der Waals surface area contributed by atoms with Crippen LogP contribution in [0, 0.1) is 5.92 Å². The smallest absolute Gasteiger partial charge is 0.0135 e. The topological polar surface area (TPSA) is 26.0 Å². The molecule has 2 atom stereocenters. The van der Waals surface area contributed by atoms with Crippen LogP contribution in [-0.2, 0) is 0 Å². The molecule has 0 bridgehead atoms. The van der Waals surface area contributed by atoms with Crippen LogP contribution in [0.1, 0.15) is 19.3 Å². The van der Waals surface area contributed by atoms with Crippen LogP contribution < -0.4 is 5.73 Å². The molecule has 0 aromatic heterocycles. The third kappa shape index (κ3) is 2.31. The van der Waals surface area contributed by atoms with Crippen molar-refractivity contribution in [3.8, 4) is 0 Å². The summed E-state index contributed by atoms with van der Waals surface area (Å²) < 4.78 is 0. The summed E-state index contributed by atoms with van der Waals surface area (Å²) >= 11 is 2.00. The molecule has 2 rings (SSSR count). The van der Waals surface area contributed by atoms with E-state index in [1.165, 1.54) is 24.2 Å². The molecule has 1 fully saturated rings. The standard InChI is InChI=1S/C12H17NS/c13-9-10-5-4-8-12(10)14-11-6-2-1-3-7-11/h1-3,6-7,10,12H,4-5,8-9,13H2. The maximum Gasteiger partial charge on any atom is 0.0135 e. The van der Waals surface area contributed by atoms with Gasteiger partial charge in [-0.15, -0.1) is 11.8 Å². The van der Waals surface area contributed by atoms with Crippen molar-refractivity contribution in [2.24, 2.45) is 11.7 Å². The summed E-state index contributed by atoms with van der Waals surface area (Å²) in [5, 5.41) is 0.752. The Labute approximate surface area is 90.1 Å². The maximum atomic E-state index is 5.76. The first-order valence-corrected chi connectivity index (χ1v) is 6.20. The van der Waals surface area contributed by atoms with E-state index in [1.807, 2.05) is 11.8 Å². The zero-order valence-corrected chi connectivity index (χ0v) is 9.17. The van der Waals surface area contributed by atoms with E-state index < -0.39 is 0 Å². The van der Waals surface area contributed by atoms with Gasteiger partial charge in [0.15, 0.2) is 0 Å². The minimum Gasteiger partial charge on any atom is -0.330 e. The van der Waals surface area contributed by atoms with Crippen molar-refractivity contribution >= 4 is 11.8 Å². The summed E-state index contributed by atoms with van der Waals surface area (Å²) in [7, 11) is 0.